The highest BCUT2D eigenvalue weighted by molar-refractivity contribution is 7.99. The molecule has 0 aliphatic carbocycles. The first-order valence-corrected chi connectivity index (χ1v) is 7.20. The smallest absolute Gasteiger partial charge is 0.234 e. The number of tetrazole rings is 1. The maximum absolute atomic E-state index is 11.8. The Balaban J connectivity index is 1.89. The minimum Gasteiger partial charge on any atom is -0.329 e. The molecule has 0 atom stereocenters. The second-order valence-electron chi connectivity index (χ2n) is 3.79. The van der Waals surface area contributed by atoms with Gasteiger partial charge in [0.15, 0.2) is 0 Å². The molecule has 0 saturated carbocycles. The number of benzene rings is 1. The fourth-order valence-electron chi connectivity index (χ4n) is 1.44. The lowest BCUT2D eigenvalue weighted by Crippen LogP contribution is -2.16. The van der Waals surface area contributed by atoms with E-state index >= 15 is 0 Å². The molecular formula is C11H13ClN6OS. The van der Waals surface area contributed by atoms with Gasteiger partial charge in [-0.15, -0.1) is 5.10 Å². The highest BCUT2D eigenvalue weighted by Gasteiger charge is 2.10. The number of carbonyl (C=O) groups is 1. The molecule has 0 fully saturated rings. The Hall–Kier alpha value is -1.64. The van der Waals surface area contributed by atoms with Crippen LogP contribution in [0.3, 0.4) is 0 Å². The summed E-state index contributed by atoms with van der Waals surface area (Å²) in [7, 11) is 0. The second-order valence-corrected chi connectivity index (χ2v) is 5.14. The lowest BCUT2D eigenvalue weighted by molar-refractivity contribution is -0.113. The number of nitrogens with two attached hydrogens (primary N) is 1. The number of thioether (sulfide) groups is 1. The standard InChI is InChI=1S/C11H13ClN6OS/c12-8-3-1-2-4-9(8)14-10(19)7-20-11-15-16-17-18(11)6-5-13/h1-4H,5-7,13H2,(H,14,19). The number of hydrogen-bond donors (Lipinski definition) is 2. The monoisotopic (exact) mass is 312 g/mol. The maximum Gasteiger partial charge on any atom is 0.234 e. The van der Waals surface area contributed by atoms with Gasteiger partial charge in [-0.2, -0.15) is 0 Å². The van der Waals surface area contributed by atoms with Crippen LogP contribution in [0.4, 0.5) is 5.69 Å². The van der Waals surface area contributed by atoms with Crippen LogP contribution in [0.2, 0.25) is 5.02 Å². The third-order valence-electron chi connectivity index (χ3n) is 2.32. The topological polar surface area (TPSA) is 98.7 Å². The average Bonchev–Trinajstić information content (AvgIpc) is 2.87. The van der Waals surface area contributed by atoms with E-state index in [1.807, 2.05) is 0 Å². The molecule has 1 aromatic heterocycles. The van der Waals surface area contributed by atoms with Crippen molar-refractivity contribution < 1.29 is 4.79 Å². The maximum atomic E-state index is 11.8. The molecule has 20 heavy (non-hydrogen) atoms. The molecule has 0 spiro atoms. The molecule has 106 valence electrons. The summed E-state index contributed by atoms with van der Waals surface area (Å²) in [6.45, 7) is 0.950. The summed E-state index contributed by atoms with van der Waals surface area (Å²) in [5, 5.41) is 15.0. The van der Waals surface area contributed by atoms with Crippen molar-refractivity contribution in [3.63, 3.8) is 0 Å². The van der Waals surface area contributed by atoms with Crippen LogP contribution in [0, 0.1) is 0 Å². The minimum absolute atomic E-state index is 0.176. The molecule has 3 N–H and O–H groups in total. The number of amides is 1. The fraction of sp³-hybridized carbons (Fsp3) is 0.273. The summed E-state index contributed by atoms with van der Waals surface area (Å²) in [5.41, 5.74) is 6.03. The van der Waals surface area contributed by atoms with Crippen molar-refractivity contribution in [2.75, 3.05) is 17.6 Å². The van der Waals surface area contributed by atoms with E-state index in [-0.39, 0.29) is 11.7 Å². The van der Waals surface area contributed by atoms with Crippen molar-refractivity contribution in [2.45, 2.75) is 11.7 Å². The zero-order chi connectivity index (χ0) is 14.4. The van der Waals surface area contributed by atoms with Crippen LogP contribution in [0.15, 0.2) is 29.4 Å². The van der Waals surface area contributed by atoms with E-state index in [0.29, 0.717) is 29.0 Å². The Labute approximate surface area is 124 Å². The van der Waals surface area contributed by atoms with Crippen molar-refractivity contribution in [2.24, 2.45) is 5.73 Å². The van der Waals surface area contributed by atoms with Gasteiger partial charge in [-0.25, -0.2) is 4.68 Å². The molecule has 0 bridgehead atoms. The molecule has 0 saturated heterocycles. The van der Waals surface area contributed by atoms with E-state index in [9.17, 15) is 4.79 Å². The molecule has 2 aromatic rings. The molecule has 1 aromatic carbocycles. The van der Waals surface area contributed by atoms with Gasteiger partial charge in [0.2, 0.25) is 11.1 Å². The number of aromatic nitrogens is 4. The normalized spacial score (nSPS) is 10.5. The zero-order valence-corrected chi connectivity index (χ0v) is 12.1. The number of anilines is 1. The van der Waals surface area contributed by atoms with Crippen molar-refractivity contribution >= 4 is 35.0 Å². The van der Waals surface area contributed by atoms with Gasteiger partial charge in [-0.3, -0.25) is 4.79 Å². The Morgan fingerprint density at radius 3 is 3.00 bits per heavy atom. The summed E-state index contributed by atoms with van der Waals surface area (Å²) in [5.74, 6) is 0.0151. The minimum atomic E-state index is -0.176. The van der Waals surface area contributed by atoms with Gasteiger partial charge in [0, 0.05) is 6.54 Å². The summed E-state index contributed by atoms with van der Waals surface area (Å²) >= 11 is 7.21. The first kappa shape index (κ1) is 14.8. The zero-order valence-electron chi connectivity index (χ0n) is 10.5. The number of hydrogen-bond acceptors (Lipinski definition) is 6. The third kappa shape index (κ3) is 3.92. The van der Waals surface area contributed by atoms with Crippen LogP contribution in [0.5, 0.6) is 0 Å². The lowest BCUT2D eigenvalue weighted by atomic mass is 10.3. The molecule has 0 aliphatic heterocycles. The summed E-state index contributed by atoms with van der Waals surface area (Å²) < 4.78 is 1.56. The van der Waals surface area contributed by atoms with Gasteiger partial charge in [0.05, 0.1) is 23.0 Å². The van der Waals surface area contributed by atoms with E-state index in [1.165, 1.54) is 11.8 Å². The van der Waals surface area contributed by atoms with Gasteiger partial charge in [-0.1, -0.05) is 35.5 Å². The molecule has 0 radical (unpaired) electrons. The van der Waals surface area contributed by atoms with Crippen LogP contribution >= 0.6 is 23.4 Å². The predicted octanol–water partition coefficient (Wildman–Crippen LogP) is 1.02. The van der Waals surface area contributed by atoms with Crippen LogP contribution in [0.1, 0.15) is 0 Å². The first-order chi connectivity index (χ1) is 9.70. The fourth-order valence-corrected chi connectivity index (χ4v) is 2.33. The van der Waals surface area contributed by atoms with Gasteiger partial charge >= 0.3 is 0 Å². The molecule has 9 heteroatoms. The molecular weight excluding hydrogens is 300 g/mol. The number of rotatable bonds is 6. The van der Waals surface area contributed by atoms with E-state index in [2.05, 4.69) is 20.8 Å². The Morgan fingerprint density at radius 2 is 2.25 bits per heavy atom. The van der Waals surface area contributed by atoms with E-state index in [1.54, 1.807) is 28.9 Å². The van der Waals surface area contributed by atoms with Crippen LogP contribution in [-0.2, 0) is 11.3 Å². The SMILES string of the molecule is NCCn1nnnc1SCC(=O)Nc1ccccc1Cl. The molecule has 0 aliphatic rings. The van der Waals surface area contributed by atoms with Gasteiger partial charge in [0.1, 0.15) is 0 Å². The van der Waals surface area contributed by atoms with Crippen molar-refractivity contribution in [3.05, 3.63) is 29.3 Å². The number of para-hydroxylation sites is 1. The van der Waals surface area contributed by atoms with Crippen LogP contribution in [0.25, 0.3) is 0 Å². The molecule has 1 heterocycles. The van der Waals surface area contributed by atoms with Crippen LogP contribution < -0.4 is 11.1 Å². The van der Waals surface area contributed by atoms with E-state index in [0.717, 1.165) is 0 Å². The number of nitrogens with one attached hydrogen (secondary N) is 1. The number of halogens is 1. The van der Waals surface area contributed by atoms with Gasteiger partial charge in [-0.05, 0) is 22.6 Å². The predicted molar refractivity (Wildman–Crippen MR) is 77.7 cm³/mol. The Morgan fingerprint density at radius 1 is 1.45 bits per heavy atom. The van der Waals surface area contributed by atoms with Crippen LogP contribution in [-0.4, -0.2) is 38.4 Å². The van der Waals surface area contributed by atoms with Gasteiger partial charge in [0.25, 0.3) is 0 Å². The number of nitrogens with zero attached hydrogens (tertiary/aromatic N) is 4. The van der Waals surface area contributed by atoms with Crippen molar-refractivity contribution in [1.82, 2.24) is 20.2 Å². The molecule has 0 unspecified atom stereocenters. The average molecular weight is 313 g/mol. The second kappa shape index (κ2) is 7.22. The highest BCUT2D eigenvalue weighted by Crippen LogP contribution is 2.21. The molecule has 1 amide bonds. The molecule has 2 rings (SSSR count). The summed E-state index contributed by atoms with van der Waals surface area (Å²) in [4.78, 5) is 11.8. The number of carbonyl (C=O) groups excluding carboxylic acids is 1. The quantitative estimate of drug-likeness (QED) is 0.773. The van der Waals surface area contributed by atoms with Crippen molar-refractivity contribution in [3.8, 4) is 0 Å². The van der Waals surface area contributed by atoms with Crippen molar-refractivity contribution in [1.29, 1.82) is 0 Å². The third-order valence-corrected chi connectivity index (χ3v) is 3.61. The Kier molecular flexibility index (Phi) is 5.33. The van der Waals surface area contributed by atoms with E-state index < -0.39 is 0 Å². The first-order valence-electron chi connectivity index (χ1n) is 5.84. The highest BCUT2D eigenvalue weighted by atomic mass is 35.5. The Bertz CT molecular complexity index is 590. The van der Waals surface area contributed by atoms with E-state index in [4.69, 9.17) is 17.3 Å². The largest absolute Gasteiger partial charge is 0.329 e. The molecule has 7 nitrogen and oxygen atoms in total. The lowest BCUT2D eigenvalue weighted by Gasteiger charge is -2.06. The summed E-state index contributed by atoms with van der Waals surface area (Å²) in [6, 6.07) is 7.06. The van der Waals surface area contributed by atoms with Gasteiger partial charge < -0.3 is 11.1 Å². The summed E-state index contributed by atoms with van der Waals surface area (Å²) in [6.07, 6.45) is 0.